The van der Waals surface area contributed by atoms with Crippen LogP contribution in [0.15, 0.2) is 18.7 Å². The van der Waals surface area contributed by atoms with Crippen LogP contribution in [-0.2, 0) is 11.3 Å². The van der Waals surface area contributed by atoms with Gasteiger partial charge < -0.3 is 15.6 Å². The Morgan fingerprint density at radius 3 is 2.61 bits per heavy atom. The quantitative estimate of drug-likeness (QED) is 0.780. The van der Waals surface area contributed by atoms with Crippen molar-refractivity contribution in [1.29, 1.82) is 0 Å². The summed E-state index contributed by atoms with van der Waals surface area (Å²) in [7, 11) is 0. The van der Waals surface area contributed by atoms with Gasteiger partial charge in [0.05, 0.1) is 6.33 Å². The highest BCUT2D eigenvalue weighted by atomic mass is 35.5. The van der Waals surface area contributed by atoms with Crippen molar-refractivity contribution in [1.82, 2.24) is 14.9 Å². The normalized spacial score (nSPS) is 17.5. The van der Waals surface area contributed by atoms with Gasteiger partial charge in [0.2, 0.25) is 5.91 Å². The molecule has 1 aliphatic rings. The number of hydrogen-bond donors (Lipinski definition) is 2. The fourth-order valence-corrected chi connectivity index (χ4v) is 3.27. The van der Waals surface area contributed by atoms with E-state index in [2.05, 4.69) is 17.2 Å². The maximum absolute atomic E-state index is 12.2. The molecule has 5 nitrogen and oxygen atoms in total. The molecule has 0 saturated heterocycles. The highest BCUT2D eigenvalue weighted by Gasteiger charge is 2.32. The zero-order valence-electron chi connectivity index (χ0n) is 13.9. The molecule has 1 aromatic rings. The molecule has 1 fully saturated rings. The van der Waals surface area contributed by atoms with E-state index in [1.807, 2.05) is 17.1 Å². The second-order valence-electron chi connectivity index (χ2n) is 6.61. The lowest BCUT2D eigenvalue weighted by molar-refractivity contribution is -0.124. The Labute approximate surface area is 151 Å². The van der Waals surface area contributed by atoms with Crippen molar-refractivity contribution in [2.45, 2.75) is 52.0 Å². The number of halogens is 2. The first-order valence-corrected chi connectivity index (χ1v) is 8.06. The minimum atomic E-state index is 0. The second-order valence-corrected chi connectivity index (χ2v) is 6.61. The zero-order valence-corrected chi connectivity index (χ0v) is 15.5. The predicted octanol–water partition coefficient (Wildman–Crippen LogP) is 2.78. The molecular formula is C16H30Cl2N4O. The lowest BCUT2D eigenvalue weighted by atomic mass is 9.71. The highest BCUT2D eigenvalue weighted by molar-refractivity contribution is 5.85. The van der Waals surface area contributed by atoms with Crippen LogP contribution in [0.1, 0.15) is 45.4 Å². The van der Waals surface area contributed by atoms with E-state index >= 15 is 0 Å². The van der Waals surface area contributed by atoms with Crippen molar-refractivity contribution in [3.8, 4) is 0 Å². The third kappa shape index (κ3) is 7.10. The van der Waals surface area contributed by atoms with Crippen LogP contribution >= 0.6 is 24.8 Å². The van der Waals surface area contributed by atoms with E-state index in [1.165, 1.54) is 19.3 Å². The molecule has 1 aliphatic carbocycles. The van der Waals surface area contributed by atoms with Gasteiger partial charge >= 0.3 is 0 Å². The second kappa shape index (κ2) is 10.9. The number of rotatable bonds is 7. The average molecular weight is 365 g/mol. The van der Waals surface area contributed by atoms with E-state index in [0.717, 1.165) is 19.4 Å². The topological polar surface area (TPSA) is 72.9 Å². The molecular weight excluding hydrogens is 335 g/mol. The summed E-state index contributed by atoms with van der Waals surface area (Å²) in [4.78, 5) is 16.2. The number of nitrogens with one attached hydrogen (secondary N) is 1. The third-order valence-electron chi connectivity index (χ3n) is 4.61. The molecule has 134 valence electrons. The lowest BCUT2D eigenvalue weighted by Gasteiger charge is -2.35. The van der Waals surface area contributed by atoms with Crippen LogP contribution in [0.5, 0.6) is 0 Å². The minimum absolute atomic E-state index is 0. The van der Waals surface area contributed by atoms with Gasteiger partial charge in [0.1, 0.15) is 0 Å². The van der Waals surface area contributed by atoms with Crippen molar-refractivity contribution >= 4 is 30.7 Å². The Balaban J connectivity index is 0.00000242. The van der Waals surface area contributed by atoms with Crippen LogP contribution in [0.2, 0.25) is 0 Å². The molecule has 0 spiro atoms. The highest BCUT2D eigenvalue weighted by Crippen LogP contribution is 2.38. The van der Waals surface area contributed by atoms with Gasteiger partial charge in [0.15, 0.2) is 0 Å². The molecule has 3 N–H and O–H groups in total. The van der Waals surface area contributed by atoms with Gasteiger partial charge in [-0.1, -0.05) is 26.2 Å². The number of amides is 1. The monoisotopic (exact) mass is 364 g/mol. The fraction of sp³-hybridized carbons (Fsp3) is 0.750. The fourth-order valence-electron chi connectivity index (χ4n) is 3.27. The number of carbonyl (C=O) groups excluding carboxylic acids is 1. The third-order valence-corrected chi connectivity index (χ3v) is 4.61. The molecule has 0 aliphatic heterocycles. The Bertz CT molecular complexity index is 433. The van der Waals surface area contributed by atoms with Crippen molar-refractivity contribution in [2.24, 2.45) is 17.1 Å². The van der Waals surface area contributed by atoms with E-state index in [4.69, 9.17) is 5.73 Å². The SMILES string of the molecule is CC(CNC(=O)CC1(CN)CCCCC1)Cn1ccnc1.Cl.Cl. The number of aromatic nitrogens is 2. The first-order valence-electron chi connectivity index (χ1n) is 8.06. The summed E-state index contributed by atoms with van der Waals surface area (Å²) in [5, 5.41) is 3.07. The average Bonchev–Trinajstić information content (AvgIpc) is 2.99. The van der Waals surface area contributed by atoms with Crippen molar-refractivity contribution in [3.63, 3.8) is 0 Å². The maximum Gasteiger partial charge on any atom is 0.220 e. The molecule has 0 radical (unpaired) electrons. The molecule has 1 heterocycles. The van der Waals surface area contributed by atoms with E-state index in [0.29, 0.717) is 25.4 Å². The van der Waals surface area contributed by atoms with E-state index in [9.17, 15) is 4.79 Å². The Hall–Kier alpha value is -0.780. The molecule has 1 saturated carbocycles. The minimum Gasteiger partial charge on any atom is -0.356 e. The number of imidazole rings is 1. The number of carbonyl (C=O) groups is 1. The summed E-state index contributed by atoms with van der Waals surface area (Å²) >= 11 is 0. The van der Waals surface area contributed by atoms with Gasteiger partial charge in [-0.05, 0) is 30.7 Å². The summed E-state index contributed by atoms with van der Waals surface area (Å²) in [5.74, 6) is 0.545. The van der Waals surface area contributed by atoms with Gasteiger partial charge in [0, 0.05) is 31.9 Å². The first-order chi connectivity index (χ1) is 10.1. The Morgan fingerprint density at radius 2 is 2.04 bits per heavy atom. The summed E-state index contributed by atoms with van der Waals surface area (Å²) in [5.41, 5.74) is 5.99. The lowest BCUT2D eigenvalue weighted by Crippen LogP contribution is -2.39. The van der Waals surface area contributed by atoms with Gasteiger partial charge in [-0.2, -0.15) is 0 Å². The number of nitrogens with zero attached hydrogens (tertiary/aromatic N) is 2. The summed E-state index contributed by atoms with van der Waals surface area (Å²) < 4.78 is 2.04. The molecule has 1 amide bonds. The molecule has 0 bridgehead atoms. The summed E-state index contributed by atoms with van der Waals surface area (Å²) in [6.07, 6.45) is 12.0. The van der Waals surface area contributed by atoms with Crippen molar-refractivity contribution in [3.05, 3.63) is 18.7 Å². The predicted molar refractivity (Wildman–Crippen MR) is 98.1 cm³/mol. The van der Waals surface area contributed by atoms with Crippen LogP contribution < -0.4 is 11.1 Å². The summed E-state index contributed by atoms with van der Waals surface area (Å²) in [6, 6.07) is 0. The van der Waals surface area contributed by atoms with Gasteiger partial charge in [-0.25, -0.2) is 4.98 Å². The summed E-state index contributed by atoms with van der Waals surface area (Å²) in [6.45, 7) is 4.35. The Kier molecular flexibility index (Phi) is 10.5. The number of hydrogen-bond acceptors (Lipinski definition) is 3. The van der Waals surface area contributed by atoms with Gasteiger partial charge in [-0.3, -0.25) is 4.79 Å². The standard InChI is InChI=1S/C16H28N4O.2ClH/c1-14(11-20-8-7-18-13-20)10-19-15(21)9-16(12-17)5-3-2-4-6-16;;/h7-8,13-14H,2-6,9-12,17H2,1H3,(H,19,21);2*1H. The molecule has 7 heteroatoms. The maximum atomic E-state index is 12.2. The largest absolute Gasteiger partial charge is 0.356 e. The molecule has 1 aromatic heterocycles. The van der Waals surface area contributed by atoms with Crippen LogP contribution in [0.25, 0.3) is 0 Å². The van der Waals surface area contributed by atoms with E-state index in [-0.39, 0.29) is 36.1 Å². The van der Waals surface area contributed by atoms with E-state index < -0.39 is 0 Å². The van der Waals surface area contributed by atoms with Crippen LogP contribution in [0.4, 0.5) is 0 Å². The molecule has 2 rings (SSSR count). The molecule has 0 aromatic carbocycles. The van der Waals surface area contributed by atoms with Crippen molar-refractivity contribution < 1.29 is 4.79 Å². The van der Waals surface area contributed by atoms with Crippen LogP contribution in [0.3, 0.4) is 0 Å². The number of nitrogens with two attached hydrogens (primary N) is 1. The molecule has 1 atom stereocenters. The molecule has 1 unspecified atom stereocenters. The van der Waals surface area contributed by atoms with Crippen LogP contribution in [0, 0.1) is 11.3 Å². The Morgan fingerprint density at radius 1 is 1.35 bits per heavy atom. The first kappa shape index (κ1) is 22.2. The van der Waals surface area contributed by atoms with Crippen LogP contribution in [-0.4, -0.2) is 28.5 Å². The van der Waals surface area contributed by atoms with Gasteiger partial charge in [0.25, 0.3) is 0 Å². The van der Waals surface area contributed by atoms with Crippen molar-refractivity contribution in [2.75, 3.05) is 13.1 Å². The zero-order chi connectivity index (χ0) is 15.1. The van der Waals surface area contributed by atoms with E-state index in [1.54, 1.807) is 6.20 Å². The molecule has 23 heavy (non-hydrogen) atoms. The van der Waals surface area contributed by atoms with Gasteiger partial charge in [-0.15, -0.1) is 24.8 Å². The smallest absolute Gasteiger partial charge is 0.220 e.